The van der Waals surface area contributed by atoms with Crippen LogP contribution >= 0.6 is 11.6 Å². The van der Waals surface area contributed by atoms with Crippen molar-refractivity contribution in [1.82, 2.24) is 40.2 Å². The molecule has 0 saturated heterocycles. The van der Waals surface area contributed by atoms with Gasteiger partial charge in [-0.1, -0.05) is 41.9 Å². The van der Waals surface area contributed by atoms with Crippen molar-refractivity contribution in [3.8, 4) is 16.8 Å². The normalized spacial score (nSPS) is 13.8. The minimum Gasteiger partial charge on any atom is -0.461 e. The number of rotatable bonds is 14. The van der Waals surface area contributed by atoms with Crippen molar-refractivity contribution >= 4 is 47.1 Å². The smallest absolute Gasteiger partial charge is 0.338 e. The Bertz CT molecular complexity index is 2300. The Labute approximate surface area is 340 Å². The van der Waals surface area contributed by atoms with E-state index in [4.69, 9.17) is 16.3 Å². The van der Waals surface area contributed by atoms with Crippen molar-refractivity contribution in [3.63, 3.8) is 0 Å². The Morgan fingerprint density at radius 2 is 1.66 bits per heavy atom. The number of esters is 1. The maximum Gasteiger partial charge on any atom is 0.338 e. The van der Waals surface area contributed by atoms with E-state index in [1.807, 2.05) is 62.3 Å². The number of nitrogens with one attached hydrogen (secondary N) is 2. The summed E-state index contributed by atoms with van der Waals surface area (Å²) in [5.74, 6) is -2.51. The molecule has 16 heteroatoms. The fourth-order valence-electron chi connectivity index (χ4n) is 6.50. The molecule has 5 aromatic rings. The fourth-order valence-corrected chi connectivity index (χ4v) is 6.66. The molecule has 0 aliphatic carbocycles. The summed E-state index contributed by atoms with van der Waals surface area (Å²) in [5.41, 5.74) is 4.59. The number of benzene rings is 4. The van der Waals surface area contributed by atoms with E-state index in [2.05, 4.69) is 26.2 Å². The second-order valence-corrected chi connectivity index (χ2v) is 14.5. The topological polar surface area (TPSA) is 155 Å². The second kappa shape index (κ2) is 18.8. The lowest BCUT2D eigenvalue weighted by Gasteiger charge is -2.37. The van der Waals surface area contributed by atoms with Gasteiger partial charge in [0, 0.05) is 49.1 Å². The molecule has 14 nitrogen and oxygen atoms in total. The summed E-state index contributed by atoms with van der Waals surface area (Å²) in [7, 11) is 7.63. The highest BCUT2D eigenvalue weighted by Gasteiger charge is 2.36. The van der Waals surface area contributed by atoms with Gasteiger partial charge in [-0.2, -0.15) is 4.68 Å². The molecular formula is C42H43ClFN9O5. The van der Waals surface area contributed by atoms with Gasteiger partial charge in [0.05, 0.1) is 16.3 Å². The predicted octanol–water partition coefficient (Wildman–Crippen LogP) is 4.91. The molecule has 0 saturated carbocycles. The molecule has 300 valence electrons. The molecule has 1 aromatic heterocycles. The molecule has 3 amide bonds. The third-order valence-corrected chi connectivity index (χ3v) is 9.81. The first-order valence-electron chi connectivity index (χ1n) is 18.5. The molecule has 2 heterocycles. The third-order valence-electron chi connectivity index (χ3n) is 9.51. The second-order valence-electron chi connectivity index (χ2n) is 14.1. The maximum atomic E-state index is 15.4. The minimum absolute atomic E-state index is 0.0241. The number of hydrogen-bond acceptors (Lipinski definition) is 10. The summed E-state index contributed by atoms with van der Waals surface area (Å²) in [6, 6.07) is 20.9. The average molecular weight is 808 g/mol. The molecule has 4 aromatic carbocycles. The third kappa shape index (κ3) is 9.80. The first-order valence-corrected chi connectivity index (χ1v) is 18.9. The number of aromatic nitrogens is 4. The van der Waals surface area contributed by atoms with Crippen LogP contribution in [0.1, 0.15) is 43.4 Å². The first-order chi connectivity index (χ1) is 27.9. The lowest BCUT2D eigenvalue weighted by atomic mass is 9.85. The van der Waals surface area contributed by atoms with Crippen LogP contribution in [0, 0.1) is 5.82 Å². The van der Waals surface area contributed by atoms with Crippen LogP contribution in [0.15, 0.2) is 91.3 Å². The summed E-state index contributed by atoms with van der Waals surface area (Å²) >= 11 is 6.12. The zero-order valence-electron chi connectivity index (χ0n) is 32.5. The van der Waals surface area contributed by atoms with Crippen LogP contribution in [0.2, 0.25) is 5.02 Å². The summed E-state index contributed by atoms with van der Waals surface area (Å²) in [4.78, 5) is 59.1. The molecular weight excluding hydrogens is 765 g/mol. The van der Waals surface area contributed by atoms with Gasteiger partial charge in [-0.25, -0.2) is 9.18 Å². The highest BCUT2D eigenvalue weighted by Crippen LogP contribution is 2.37. The molecule has 1 aliphatic heterocycles. The van der Waals surface area contributed by atoms with Crippen LogP contribution in [0.25, 0.3) is 22.9 Å². The Hall–Kier alpha value is -6.29. The van der Waals surface area contributed by atoms with E-state index >= 15 is 4.39 Å². The van der Waals surface area contributed by atoms with E-state index in [0.29, 0.717) is 48.4 Å². The van der Waals surface area contributed by atoms with Gasteiger partial charge in [0.2, 0.25) is 5.91 Å². The average Bonchev–Trinajstić information content (AvgIpc) is 3.75. The SMILES string of the molecule is CN(C)CCNC(=O)c1ccc(-c2cccc3c2CCN(C(=O)C=Cc2c(-n4cnnn4)ccc(Cl)c2F)[C@H]3C(=O)Nc2ccc(C(=O)OCCN(C)C)cc2)cc1. The van der Waals surface area contributed by atoms with Gasteiger partial charge in [-0.05, 0) is 122 Å². The van der Waals surface area contributed by atoms with Crippen molar-refractivity contribution in [1.29, 1.82) is 0 Å². The number of carbonyl (C=O) groups is 4. The van der Waals surface area contributed by atoms with Gasteiger partial charge >= 0.3 is 5.97 Å². The molecule has 0 spiro atoms. The molecule has 0 bridgehead atoms. The monoisotopic (exact) mass is 807 g/mol. The quantitative estimate of drug-likeness (QED) is 0.117. The Morgan fingerprint density at radius 3 is 2.34 bits per heavy atom. The number of anilines is 1. The van der Waals surface area contributed by atoms with Gasteiger partial charge in [-0.3, -0.25) is 14.4 Å². The number of ether oxygens (including phenoxy) is 1. The van der Waals surface area contributed by atoms with Crippen LogP contribution in [0.4, 0.5) is 10.1 Å². The number of halogens is 2. The van der Waals surface area contributed by atoms with Crippen molar-refractivity contribution < 1.29 is 28.3 Å². The number of fused-ring (bicyclic) bond motifs is 1. The van der Waals surface area contributed by atoms with Gasteiger partial charge in [0.1, 0.15) is 19.0 Å². The van der Waals surface area contributed by atoms with Crippen molar-refractivity contribution in [3.05, 3.63) is 130 Å². The molecule has 6 rings (SSSR count). The zero-order chi connectivity index (χ0) is 41.3. The Balaban J connectivity index is 1.30. The van der Waals surface area contributed by atoms with E-state index in [-0.39, 0.29) is 35.3 Å². The van der Waals surface area contributed by atoms with Gasteiger partial charge < -0.3 is 30.1 Å². The highest BCUT2D eigenvalue weighted by molar-refractivity contribution is 6.31. The Kier molecular flexibility index (Phi) is 13.4. The van der Waals surface area contributed by atoms with Crippen LogP contribution in [-0.2, 0) is 20.7 Å². The number of carbonyl (C=O) groups excluding carboxylic acids is 4. The highest BCUT2D eigenvalue weighted by atomic mass is 35.5. The summed E-state index contributed by atoms with van der Waals surface area (Å²) in [5, 5.41) is 16.8. The van der Waals surface area contributed by atoms with Crippen LogP contribution in [0.3, 0.4) is 0 Å². The van der Waals surface area contributed by atoms with E-state index in [9.17, 15) is 19.2 Å². The van der Waals surface area contributed by atoms with Crippen molar-refractivity contribution in [2.45, 2.75) is 12.5 Å². The molecule has 1 atom stereocenters. The number of amides is 3. The lowest BCUT2D eigenvalue weighted by molar-refractivity contribution is -0.135. The van der Waals surface area contributed by atoms with E-state index in [1.54, 1.807) is 42.5 Å². The molecule has 0 fully saturated rings. The van der Waals surface area contributed by atoms with Gasteiger partial charge in [-0.15, -0.1) is 5.10 Å². The first kappa shape index (κ1) is 41.3. The maximum absolute atomic E-state index is 15.4. The lowest BCUT2D eigenvalue weighted by Crippen LogP contribution is -2.45. The molecule has 1 aliphatic rings. The standard InChI is InChI=1S/C42H43ClFN9O5/c1-50(2)23-21-45-40(55)28-10-8-27(9-11-28)31-6-5-7-33-32(31)20-22-52(37(54)19-16-34-36(53-26-46-48-49-53)18-17-35(43)38(34)44)39(33)41(56)47-30-14-12-29(13-15-30)42(57)58-25-24-51(3)4/h5-19,26,39H,20-25H2,1-4H3,(H,45,55)(H,47,56)/t39-/m1/s1. The predicted molar refractivity (Wildman–Crippen MR) is 218 cm³/mol. The van der Waals surface area contributed by atoms with Crippen molar-refractivity contribution in [2.75, 3.05) is 66.3 Å². The summed E-state index contributed by atoms with van der Waals surface area (Å²) in [6.07, 6.45) is 4.16. The van der Waals surface area contributed by atoms with Gasteiger partial charge in [0.15, 0.2) is 5.82 Å². The molecule has 0 unspecified atom stereocenters. The fraction of sp³-hybridized carbons (Fsp3) is 0.262. The zero-order valence-corrected chi connectivity index (χ0v) is 33.2. The number of nitrogens with zero attached hydrogens (tertiary/aromatic N) is 7. The van der Waals surface area contributed by atoms with Crippen LogP contribution in [0.5, 0.6) is 0 Å². The molecule has 0 radical (unpaired) electrons. The van der Waals surface area contributed by atoms with Crippen LogP contribution < -0.4 is 10.6 Å². The Morgan fingerprint density at radius 1 is 0.931 bits per heavy atom. The number of likely N-dealkylation sites (N-methyl/N-ethyl adjacent to an activating group) is 2. The molecule has 58 heavy (non-hydrogen) atoms. The summed E-state index contributed by atoms with van der Waals surface area (Å²) in [6.45, 7) is 2.16. The number of hydrogen-bond donors (Lipinski definition) is 2. The number of tetrazole rings is 1. The van der Waals surface area contributed by atoms with E-state index in [1.165, 1.54) is 40.2 Å². The van der Waals surface area contributed by atoms with Gasteiger partial charge in [0.25, 0.3) is 11.8 Å². The van der Waals surface area contributed by atoms with E-state index < -0.39 is 29.6 Å². The van der Waals surface area contributed by atoms with Crippen LogP contribution in [-0.4, -0.2) is 120 Å². The van der Waals surface area contributed by atoms with E-state index in [0.717, 1.165) is 16.7 Å². The van der Waals surface area contributed by atoms with Crippen molar-refractivity contribution in [2.24, 2.45) is 0 Å². The summed E-state index contributed by atoms with van der Waals surface area (Å²) < 4.78 is 22.0. The molecule has 2 N–H and O–H groups in total. The largest absolute Gasteiger partial charge is 0.461 e. The minimum atomic E-state index is -1.11.